The second-order valence-electron chi connectivity index (χ2n) is 4.28. The Morgan fingerprint density at radius 1 is 1.25 bits per heavy atom. The molecule has 98 valence electrons. The number of nitrogens with zero attached hydrogens (tertiary/aromatic N) is 1. The molecule has 0 aliphatic rings. The van der Waals surface area contributed by atoms with Crippen molar-refractivity contribution in [2.45, 2.75) is 19.4 Å². The molecule has 0 rings (SSSR count). The van der Waals surface area contributed by atoms with Crippen LogP contribution >= 0.6 is 24.8 Å². The van der Waals surface area contributed by atoms with Crippen LogP contribution in [0, 0.1) is 0 Å². The minimum absolute atomic E-state index is 0. The van der Waals surface area contributed by atoms with Crippen LogP contribution in [-0.2, 0) is 14.3 Å². The van der Waals surface area contributed by atoms with Crippen LogP contribution in [0.25, 0.3) is 0 Å². The van der Waals surface area contributed by atoms with E-state index in [2.05, 4.69) is 0 Å². The first-order chi connectivity index (χ1) is 6.20. The first-order valence-corrected chi connectivity index (χ1v) is 4.38. The minimum atomic E-state index is -1.20. The van der Waals surface area contributed by atoms with E-state index in [-0.39, 0.29) is 31.2 Å². The number of carboxylic acid groups (broad SMARTS) is 1. The first-order valence-electron chi connectivity index (χ1n) is 4.38. The molecular formula is C9H19Cl2NO4. The van der Waals surface area contributed by atoms with Gasteiger partial charge in [0.15, 0.2) is 6.10 Å². The Balaban J connectivity index is -0.000000845. The number of ether oxygens (including phenoxy) is 1. The highest BCUT2D eigenvalue weighted by Gasteiger charge is 2.20. The molecule has 16 heavy (non-hydrogen) atoms. The molecule has 1 unspecified atom stereocenters. The molecule has 0 amide bonds. The molecular weight excluding hydrogens is 257 g/mol. The molecule has 0 aromatic carbocycles. The van der Waals surface area contributed by atoms with Gasteiger partial charge in [-0.15, -0.1) is 24.8 Å². The van der Waals surface area contributed by atoms with E-state index in [0.29, 0.717) is 11.0 Å². The van der Waals surface area contributed by atoms with E-state index in [1.807, 2.05) is 21.1 Å². The van der Waals surface area contributed by atoms with Crippen LogP contribution in [0.2, 0.25) is 0 Å². The number of carboxylic acids is 1. The zero-order chi connectivity index (χ0) is 11.4. The van der Waals surface area contributed by atoms with Crippen LogP contribution in [-0.4, -0.2) is 50.2 Å². The van der Waals surface area contributed by atoms with Crippen molar-refractivity contribution in [1.29, 1.82) is 0 Å². The third-order valence-electron chi connectivity index (χ3n) is 1.48. The maximum absolute atomic E-state index is 10.7. The zero-order valence-electron chi connectivity index (χ0n) is 9.89. The van der Waals surface area contributed by atoms with Crippen molar-refractivity contribution < 1.29 is 23.9 Å². The summed E-state index contributed by atoms with van der Waals surface area (Å²) in [5, 5.41) is 10.4. The van der Waals surface area contributed by atoms with Crippen LogP contribution in [0.15, 0.2) is 0 Å². The summed E-state index contributed by atoms with van der Waals surface area (Å²) in [4.78, 5) is 21.0. The summed E-state index contributed by atoms with van der Waals surface area (Å²) in [6.45, 7) is 1.71. The Bertz CT molecular complexity index is 212. The fraction of sp³-hybridized carbons (Fsp3) is 0.778. The summed E-state index contributed by atoms with van der Waals surface area (Å²) in [6, 6.07) is 0. The fourth-order valence-corrected chi connectivity index (χ4v) is 1.17. The number of hydrogen-bond donors (Lipinski definition) is 0. The smallest absolute Gasteiger partial charge is 0.303 e. The Labute approximate surface area is 108 Å². The van der Waals surface area contributed by atoms with Gasteiger partial charge in [-0.2, -0.15) is 0 Å². The van der Waals surface area contributed by atoms with Crippen molar-refractivity contribution in [2.24, 2.45) is 0 Å². The van der Waals surface area contributed by atoms with E-state index in [1.54, 1.807) is 0 Å². The van der Waals surface area contributed by atoms with E-state index < -0.39 is 18.0 Å². The van der Waals surface area contributed by atoms with E-state index in [4.69, 9.17) is 4.74 Å². The highest BCUT2D eigenvalue weighted by molar-refractivity contribution is 5.85. The van der Waals surface area contributed by atoms with E-state index in [9.17, 15) is 14.7 Å². The fourth-order valence-electron chi connectivity index (χ4n) is 1.17. The molecule has 0 radical (unpaired) electrons. The van der Waals surface area contributed by atoms with Gasteiger partial charge in [0.2, 0.25) is 0 Å². The Hall–Kier alpha value is -0.520. The summed E-state index contributed by atoms with van der Waals surface area (Å²) >= 11 is 0. The lowest BCUT2D eigenvalue weighted by molar-refractivity contribution is -0.873. The predicted octanol–water partition coefficient (Wildman–Crippen LogP) is -0.392. The molecule has 0 saturated heterocycles. The maximum Gasteiger partial charge on any atom is 0.303 e. The summed E-state index contributed by atoms with van der Waals surface area (Å²) in [5.74, 6) is -1.67. The van der Waals surface area contributed by atoms with Crippen LogP contribution in [0.4, 0.5) is 0 Å². The number of esters is 1. The normalized spacial score (nSPS) is 11.8. The number of rotatable bonds is 5. The number of halogens is 2. The molecule has 1 atom stereocenters. The third kappa shape index (κ3) is 13.5. The highest BCUT2D eigenvalue weighted by atomic mass is 35.5. The van der Waals surface area contributed by atoms with E-state index >= 15 is 0 Å². The summed E-state index contributed by atoms with van der Waals surface area (Å²) < 4.78 is 5.39. The van der Waals surface area contributed by atoms with E-state index in [0.717, 1.165) is 0 Å². The molecule has 7 heteroatoms. The lowest BCUT2D eigenvalue weighted by Gasteiger charge is -2.28. The Kier molecular flexibility index (Phi) is 11.2. The van der Waals surface area contributed by atoms with Crippen molar-refractivity contribution in [3.8, 4) is 0 Å². The van der Waals surface area contributed by atoms with E-state index in [1.165, 1.54) is 6.92 Å². The number of aliphatic carboxylic acids is 1. The lowest BCUT2D eigenvalue weighted by Crippen LogP contribution is -2.45. The number of likely N-dealkylation sites (N-methyl/N-ethyl adjacent to an activating group) is 1. The standard InChI is InChI=1S/C9H17NO4.2ClH/c1-7(11)14-8(5-9(12)13)6-10(2,3)4;;/h8H,5-6H2,1-4H3;2*1H. The Morgan fingerprint density at radius 2 is 1.69 bits per heavy atom. The maximum atomic E-state index is 10.7. The molecule has 0 bridgehead atoms. The quantitative estimate of drug-likeness (QED) is 0.506. The minimum Gasteiger partial charge on any atom is -0.550 e. The second kappa shape index (κ2) is 8.61. The highest BCUT2D eigenvalue weighted by Crippen LogP contribution is 2.04. The van der Waals surface area contributed by atoms with Gasteiger partial charge in [-0.25, -0.2) is 0 Å². The number of carbonyl (C=O) groups excluding carboxylic acids is 2. The largest absolute Gasteiger partial charge is 0.550 e. The van der Waals surface area contributed by atoms with Gasteiger partial charge in [0, 0.05) is 19.3 Å². The van der Waals surface area contributed by atoms with Gasteiger partial charge >= 0.3 is 5.97 Å². The molecule has 0 aliphatic heterocycles. The number of carbonyl (C=O) groups is 2. The van der Waals surface area contributed by atoms with Gasteiger partial charge < -0.3 is 19.1 Å². The molecule has 5 nitrogen and oxygen atoms in total. The molecule has 0 N–H and O–H groups in total. The average molecular weight is 276 g/mol. The molecule has 0 spiro atoms. The van der Waals surface area contributed by atoms with Crippen LogP contribution in [0.1, 0.15) is 13.3 Å². The Morgan fingerprint density at radius 3 is 1.94 bits per heavy atom. The van der Waals surface area contributed by atoms with Crippen LogP contribution in [0.5, 0.6) is 0 Å². The monoisotopic (exact) mass is 275 g/mol. The molecule has 0 aromatic heterocycles. The lowest BCUT2D eigenvalue weighted by atomic mass is 10.2. The summed E-state index contributed by atoms with van der Waals surface area (Å²) in [7, 11) is 5.68. The molecule has 0 saturated carbocycles. The number of hydrogen-bond acceptors (Lipinski definition) is 4. The van der Waals surface area contributed by atoms with Gasteiger partial charge in [0.05, 0.1) is 21.1 Å². The SMILES string of the molecule is CC(=O)OC(CC(=O)[O-])C[N+](C)(C)C.Cl.Cl. The molecule has 0 aromatic rings. The van der Waals surface area contributed by atoms with Gasteiger partial charge in [-0.1, -0.05) is 0 Å². The van der Waals surface area contributed by atoms with Gasteiger partial charge in [-0.3, -0.25) is 4.79 Å². The number of quaternary nitrogens is 1. The van der Waals surface area contributed by atoms with Crippen LogP contribution < -0.4 is 5.11 Å². The van der Waals surface area contributed by atoms with Crippen molar-refractivity contribution in [2.75, 3.05) is 27.7 Å². The van der Waals surface area contributed by atoms with Crippen molar-refractivity contribution in [1.82, 2.24) is 0 Å². The first kappa shape index (κ1) is 20.8. The second-order valence-corrected chi connectivity index (χ2v) is 4.28. The van der Waals surface area contributed by atoms with Gasteiger partial charge in [0.1, 0.15) is 6.54 Å². The van der Waals surface area contributed by atoms with Crippen molar-refractivity contribution >= 4 is 36.8 Å². The zero-order valence-corrected chi connectivity index (χ0v) is 11.5. The van der Waals surface area contributed by atoms with Gasteiger partial charge in [-0.05, 0) is 0 Å². The predicted molar refractivity (Wildman–Crippen MR) is 62.6 cm³/mol. The van der Waals surface area contributed by atoms with Crippen molar-refractivity contribution in [3.05, 3.63) is 0 Å². The topological polar surface area (TPSA) is 66.4 Å². The van der Waals surface area contributed by atoms with Crippen molar-refractivity contribution in [3.63, 3.8) is 0 Å². The summed E-state index contributed by atoms with van der Waals surface area (Å²) in [6.07, 6.45) is -0.868. The molecule has 0 aliphatic carbocycles. The molecule has 0 fully saturated rings. The van der Waals surface area contributed by atoms with Gasteiger partial charge in [0.25, 0.3) is 0 Å². The third-order valence-corrected chi connectivity index (χ3v) is 1.48. The molecule has 0 heterocycles. The summed E-state index contributed by atoms with van der Waals surface area (Å²) in [5.41, 5.74) is 0. The van der Waals surface area contributed by atoms with Crippen LogP contribution in [0.3, 0.4) is 0 Å². The average Bonchev–Trinajstić information content (AvgIpc) is 1.77.